The first-order valence-electron chi connectivity index (χ1n) is 6.12. The molecule has 1 aromatic carbocycles. The topological polar surface area (TPSA) is 78.1 Å². The van der Waals surface area contributed by atoms with Gasteiger partial charge in [0, 0.05) is 19.8 Å². The first kappa shape index (κ1) is 14.4. The largest absolute Gasteiger partial charge is 0.378 e. The van der Waals surface area contributed by atoms with Crippen molar-refractivity contribution in [2.45, 2.75) is 18.7 Å². The van der Waals surface area contributed by atoms with Crippen LogP contribution in [0.1, 0.15) is 11.3 Å². The molecule has 0 aliphatic carbocycles. The molecular formula is C13H18N4O2S. The van der Waals surface area contributed by atoms with Crippen LogP contribution >= 0.6 is 0 Å². The minimum absolute atomic E-state index is 0.161. The lowest BCUT2D eigenvalue weighted by Gasteiger charge is -2.16. The fraction of sp³-hybridized carbons (Fsp3) is 0.308. The van der Waals surface area contributed by atoms with Crippen LogP contribution < -0.4 is 9.62 Å². The summed E-state index contributed by atoms with van der Waals surface area (Å²) in [6, 6.07) is 5.56. The number of aryl methyl sites for hydroxylation is 2. The Balaban J connectivity index is 2.33. The Morgan fingerprint density at radius 3 is 2.45 bits per heavy atom. The molecule has 0 aliphatic heterocycles. The molecule has 0 atom stereocenters. The number of aromatic nitrogens is 2. The van der Waals surface area contributed by atoms with E-state index in [0.717, 1.165) is 11.3 Å². The highest BCUT2D eigenvalue weighted by molar-refractivity contribution is 7.92. The quantitative estimate of drug-likeness (QED) is 0.902. The van der Waals surface area contributed by atoms with Gasteiger partial charge in [-0.05, 0) is 37.6 Å². The molecule has 0 saturated carbocycles. The van der Waals surface area contributed by atoms with Crippen LogP contribution in [0.3, 0.4) is 0 Å². The smallest absolute Gasteiger partial charge is 0.265 e. The lowest BCUT2D eigenvalue weighted by Crippen LogP contribution is -2.15. The fourth-order valence-corrected chi connectivity index (χ4v) is 3.12. The third-order valence-corrected chi connectivity index (χ3v) is 4.52. The average molecular weight is 294 g/mol. The van der Waals surface area contributed by atoms with Crippen molar-refractivity contribution in [3.63, 3.8) is 0 Å². The van der Waals surface area contributed by atoms with E-state index in [1.165, 1.54) is 6.20 Å². The number of aromatic amines is 1. The monoisotopic (exact) mass is 294 g/mol. The second kappa shape index (κ2) is 5.16. The molecule has 6 nitrogen and oxygen atoms in total. The summed E-state index contributed by atoms with van der Waals surface area (Å²) in [6.07, 6.45) is 1.31. The molecule has 2 aromatic rings. The highest BCUT2D eigenvalue weighted by atomic mass is 32.2. The number of benzene rings is 1. The van der Waals surface area contributed by atoms with Gasteiger partial charge in [-0.3, -0.25) is 9.82 Å². The fourth-order valence-electron chi connectivity index (χ4n) is 1.85. The van der Waals surface area contributed by atoms with Crippen molar-refractivity contribution < 1.29 is 8.42 Å². The van der Waals surface area contributed by atoms with Crippen LogP contribution in [0.25, 0.3) is 0 Å². The number of anilines is 2. The molecule has 0 radical (unpaired) electrons. The van der Waals surface area contributed by atoms with Gasteiger partial charge < -0.3 is 4.90 Å². The maximum atomic E-state index is 12.3. The van der Waals surface area contributed by atoms with Gasteiger partial charge in [-0.25, -0.2) is 8.42 Å². The van der Waals surface area contributed by atoms with E-state index in [1.54, 1.807) is 13.0 Å². The van der Waals surface area contributed by atoms with Crippen molar-refractivity contribution in [3.8, 4) is 0 Å². The van der Waals surface area contributed by atoms with Gasteiger partial charge in [-0.15, -0.1) is 0 Å². The van der Waals surface area contributed by atoms with E-state index in [9.17, 15) is 8.42 Å². The number of nitrogens with one attached hydrogen (secondary N) is 2. The lowest BCUT2D eigenvalue weighted by atomic mass is 10.2. The molecule has 0 fully saturated rings. The van der Waals surface area contributed by atoms with Crippen LogP contribution in [0.15, 0.2) is 29.3 Å². The number of hydrogen-bond acceptors (Lipinski definition) is 4. The second-order valence-electron chi connectivity index (χ2n) is 4.86. The zero-order chi connectivity index (χ0) is 14.9. The Labute approximate surface area is 118 Å². The summed E-state index contributed by atoms with van der Waals surface area (Å²) in [6.45, 7) is 3.54. The summed E-state index contributed by atoms with van der Waals surface area (Å²) < 4.78 is 27.1. The van der Waals surface area contributed by atoms with E-state index < -0.39 is 10.0 Å². The highest BCUT2D eigenvalue weighted by Gasteiger charge is 2.19. The SMILES string of the molecule is Cc1cc(N(C)C)ccc1NS(=O)(=O)c1cn[nH]c1C. The maximum absolute atomic E-state index is 12.3. The zero-order valence-electron chi connectivity index (χ0n) is 11.9. The predicted molar refractivity (Wildman–Crippen MR) is 79.6 cm³/mol. The van der Waals surface area contributed by atoms with Crippen LogP contribution in [-0.2, 0) is 10.0 Å². The Morgan fingerprint density at radius 2 is 1.95 bits per heavy atom. The number of hydrogen-bond donors (Lipinski definition) is 2. The number of nitrogens with zero attached hydrogens (tertiary/aromatic N) is 2. The molecular weight excluding hydrogens is 276 g/mol. The van der Waals surface area contributed by atoms with E-state index in [-0.39, 0.29) is 4.90 Å². The molecule has 2 rings (SSSR count). The minimum atomic E-state index is -3.61. The van der Waals surface area contributed by atoms with Gasteiger partial charge in [0.25, 0.3) is 10.0 Å². The van der Waals surface area contributed by atoms with Gasteiger partial charge >= 0.3 is 0 Å². The molecule has 0 spiro atoms. The van der Waals surface area contributed by atoms with Gasteiger partial charge in [-0.2, -0.15) is 5.10 Å². The number of H-pyrrole nitrogens is 1. The van der Waals surface area contributed by atoms with E-state index in [1.807, 2.05) is 38.1 Å². The average Bonchev–Trinajstić information content (AvgIpc) is 2.78. The standard InChI is InChI=1S/C13H18N4O2S/c1-9-7-11(17(3)4)5-6-12(9)16-20(18,19)13-8-14-15-10(13)2/h5-8,16H,1-4H3,(H,14,15). The van der Waals surface area contributed by atoms with Gasteiger partial charge in [0.15, 0.2) is 0 Å². The van der Waals surface area contributed by atoms with Gasteiger partial charge in [0.2, 0.25) is 0 Å². The van der Waals surface area contributed by atoms with Gasteiger partial charge in [0.05, 0.1) is 17.6 Å². The van der Waals surface area contributed by atoms with Crippen LogP contribution in [0.4, 0.5) is 11.4 Å². The first-order chi connectivity index (χ1) is 9.31. The molecule has 108 valence electrons. The molecule has 0 amide bonds. The summed E-state index contributed by atoms with van der Waals surface area (Å²) >= 11 is 0. The molecule has 1 heterocycles. The van der Waals surface area contributed by atoms with Crippen molar-refractivity contribution in [1.29, 1.82) is 0 Å². The van der Waals surface area contributed by atoms with Crippen LogP contribution in [0.5, 0.6) is 0 Å². The Kier molecular flexibility index (Phi) is 3.71. The van der Waals surface area contributed by atoms with Crippen molar-refractivity contribution in [1.82, 2.24) is 10.2 Å². The van der Waals surface area contributed by atoms with Crippen LogP contribution in [0, 0.1) is 13.8 Å². The van der Waals surface area contributed by atoms with Gasteiger partial charge in [-0.1, -0.05) is 0 Å². The van der Waals surface area contributed by atoms with Crippen molar-refractivity contribution in [3.05, 3.63) is 35.7 Å². The van der Waals surface area contributed by atoms with Gasteiger partial charge in [0.1, 0.15) is 4.90 Å². The van der Waals surface area contributed by atoms with Crippen LogP contribution in [0.2, 0.25) is 0 Å². The third kappa shape index (κ3) is 2.77. The highest BCUT2D eigenvalue weighted by Crippen LogP contribution is 2.24. The Morgan fingerprint density at radius 1 is 1.25 bits per heavy atom. The number of sulfonamides is 1. The van der Waals surface area contributed by atoms with E-state index in [2.05, 4.69) is 14.9 Å². The van der Waals surface area contributed by atoms with E-state index in [0.29, 0.717) is 11.4 Å². The Hall–Kier alpha value is -2.02. The minimum Gasteiger partial charge on any atom is -0.378 e. The summed E-state index contributed by atoms with van der Waals surface area (Å²) in [7, 11) is 0.262. The number of rotatable bonds is 4. The first-order valence-corrected chi connectivity index (χ1v) is 7.60. The third-order valence-electron chi connectivity index (χ3n) is 3.04. The lowest BCUT2D eigenvalue weighted by molar-refractivity contribution is 0.600. The molecule has 0 unspecified atom stereocenters. The summed E-state index contributed by atoms with van der Waals surface area (Å²) in [5, 5.41) is 6.36. The summed E-state index contributed by atoms with van der Waals surface area (Å²) in [5.41, 5.74) is 2.96. The second-order valence-corrected chi connectivity index (χ2v) is 6.51. The maximum Gasteiger partial charge on any atom is 0.265 e. The van der Waals surface area contributed by atoms with Crippen LogP contribution in [-0.4, -0.2) is 32.7 Å². The summed E-state index contributed by atoms with van der Waals surface area (Å²) in [4.78, 5) is 2.12. The Bertz CT molecular complexity index is 720. The summed E-state index contributed by atoms with van der Waals surface area (Å²) in [5.74, 6) is 0. The molecule has 0 aliphatic rings. The normalized spacial score (nSPS) is 11.4. The molecule has 1 aromatic heterocycles. The molecule has 7 heteroatoms. The predicted octanol–water partition coefficient (Wildman–Crippen LogP) is 1.89. The molecule has 0 saturated heterocycles. The molecule has 2 N–H and O–H groups in total. The van der Waals surface area contributed by atoms with E-state index in [4.69, 9.17) is 0 Å². The zero-order valence-corrected chi connectivity index (χ0v) is 12.7. The van der Waals surface area contributed by atoms with Crippen molar-refractivity contribution >= 4 is 21.4 Å². The van der Waals surface area contributed by atoms with Crippen molar-refractivity contribution in [2.75, 3.05) is 23.7 Å². The molecule has 0 bridgehead atoms. The van der Waals surface area contributed by atoms with E-state index >= 15 is 0 Å². The molecule has 20 heavy (non-hydrogen) atoms. The van der Waals surface area contributed by atoms with Crippen molar-refractivity contribution in [2.24, 2.45) is 0 Å².